The molecule has 1 aromatic heterocycles. The van der Waals surface area contributed by atoms with Crippen LogP contribution < -0.4 is 0 Å². The third-order valence-corrected chi connectivity index (χ3v) is 4.26. The van der Waals surface area contributed by atoms with Crippen molar-refractivity contribution in [2.24, 2.45) is 0 Å². The van der Waals surface area contributed by atoms with Crippen LogP contribution in [0.1, 0.15) is 17.2 Å². The van der Waals surface area contributed by atoms with E-state index in [2.05, 4.69) is 0 Å². The highest BCUT2D eigenvalue weighted by Crippen LogP contribution is 2.33. The monoisotopic (exact) mass is 308 g/mol. The first-order valence-corrected chi connectivity index (χ1v) is 7.45. The highest BCUT2D eigenvalue weighted by molar-refractivity contribution is 6.31. The molecule has 108 valence electrons. The van der Waals surface area contributed by atoms with Gasteiger partial charge in [0.25, 0.3) is 0 Å². The van der Waals surface area contributed by atoms with Crippen molar-refractivity contribution in [3.63, 3.8) is 0 Å². The number of halogens is 1. The summed E-state index contributed by atoms with van der Waals surface area (Å²) in [5, 5.41) is 13.3. The van der Waals surface area contributed by atoms with Crippen LogP contribution in [0.3, 0.4) is 0 Å². The quantitative estimate of drug-likeness (QED) is 0.543. The molecule has 0 saturated carbocycles. The Morgan fingerprint density at radius 2 is 1.55 bits per heavy atom. The van der Waals surface area contributed by atoms with Crippen molar-refractivity contribution in [1.82, 2.24) is 0 Å². The molecule has 3 heteroatoms. The molecule has 0 amide bonds. The van der Waals surface area contributed by atoms with E-state index in [1.54, 1.807) is 6.07 Å². The minimum absolute atomic E-state index is 0.555. The van der Waals surface area contributed by atoms with Crippen LogP contribution in [0.25, 0.3) is 21.9 Å². The third-order valence-electron chi connectivity index (χ3n) is 3.92. The number of rotatable bonds is 2. The molecule has 22 heavy (non-hydrogen) atoms. The summed E-state index contributed by atoms with van der Waals surface area (Å²) >= 11 is 6.17. The molecule has 0 aliphatic rings. The van der Waals surface area contributed by atoms with Crippen molar-refractivity contribution >= 4 is 33.5 Å². The van der Waals surface area contributed by atoms with Crippen molar-refractivity contribution in [1.29, 1.82) is 0 Å². The molecule has 1 heterocycles. The van der Waals surface area contributed by atoms with E-state index in [1.165, 1.54) is 0 Å². The van der Waals surface area contributed by atoms with E-state index in [-0.39, 0.29) is 0 Å². The molecule has 0 aliphatic heterocycles. The molecule has 0 bridgehead atoms. The van der Waals surface area contributed by atoms with Gasteiger partial charge in [-0.3, -0.25) is 0 Å². The average molecular weight is 309 g/mol. The first kappa shape index (κ1) is 13.4. The fourth-order valence-electron chi connectivity index (χ4n) is 2.79. The molecular weight excluding hydrogens is 296 g/mol. The van der Waals surface area contributed by atoms with Gasteiger partial charge in [0.15, 0.2) is 0 Å². The van der Waals surface area contributed by atoms with E-state index in [4.69, 9.17) is 16.0 Å². The van der Waals surface area contributed by atoms with Crippen LogP contribution in [-0.2, 0) is 0 Å². The van der Waals surface area contributed by atoms with E-state index in [0.717, 1.165) is 27.5 Å². The summed E-state index contributed by atoms with van der Waals surface area (Å²) in [6.45, 7) is 0. The molecular formula is C19H13ClO2. The van der Waals surface area contributed by atoms with Crippen LogP contribution in [0.15, 0.2) is 71.1 Å². The summed E-state index contributed by atoms with van der Waals surface area (Å²) in [6, 6.07) is 21.0. The van der Waals surface area contributed by atoms with Gasteiger partial charge in [-0.2, -0.15) is 0 Å². The van der Waals surface area contributed by atoms with Gasteiger partial charge in [-0.05, 0) is 23.8 Å². The maximum atomic E-state index is 10.6. The van der Waals surface area contributed by atoms with Crippen LogP contribution in [0.5, 0.6) is 0 Å². The zero-order valence-electron chi connectivity index (χ0n) is 11.7. The van der Waals surface area contributed by atoms with E-state index < -0.39 is 6.10 Å². The van der Waals surface area contributed by atoms with Crippen molar-refractivity contribution in [3.05, 3.63) is 82.9 Å². The number of fused-ring (bicyclic) bond motifs is 3. The predicted molar refractivity (Wildman–Crippen MR) is 89.2 cm³/mol. The Morgan fingerprint density at radius 1 is 0.818 bits per heavy atom. The summed E-state index contributed by atoms with van der Waals surface area (Å²) in [5.41, 5.74) is 3.07. The maximum Gasteiger partial charge on any atom is 0.135 e. The number of aliphatic hydroxyl groups is 1. The molecule has 1 N–H and O–H groups in total. The van der Waals surface area contributed by atoms with Crippen molar-refractivity contribution in [3.8, 4) is 0 Å². The third kappa shape index (κ3) is 2.08. The minimum Gasteiger partial charge on any atom is -0.456 e. The molecule has 4 rings (SSSR count). The molecule has 0 radical (unpaired) electrons. The van der Waals surface area contributed by atoms with Crippen molar-refractivity contribution < 1.29 is 9.52 Å². The van der Waals surface area contributed by atoms with Crippen LogP contribution in [0.2, 0.25) is 5.02 Å². The Bertz CT molecular complexity index is 971. The fraction of sp³-hybridized carbons (Fsp3) is 0.0526. The lowest BCUT2D eigenvalue weighted by Crippen LogP contribution is -2.00. The fourth-order valence-corrected chi connectivity index (χ4v) is 3.03. The van der Waals surface area contributed by atoms with Crippen LogP contribution in [0.4, 0.5) is 0 Å². The number of benzene rings is 3. The number of furan rings is 1. The second kappa shape index (κ2) is 5.16. The summed E-state index contributed by atoms with van der Waals surface area (Å²) in [6.07, 6.45) is -0.772. The molecule has 1 atom stereocenters. The second-order valence-corrected chi connectivity index (χ2v) is 5.69. The van der Waals surface area contributed by atoms with Crippen molar-refractivity contribution in [2.75, 3.05) is 0 Å². The molecule has 0 spiro atoms. The summed E-state index contributed by atoms with van der Waals surface area (Å²) in [7, 11) is 0. The lowest BCUT2D eigenvalue weighted by molar-refractivity contribution is 0.220. The summed E-state index contributed by atoms with van der Waals surface area (Å²) in [5.74, 6) is 0. The Balaban J connectivity index is 1.86. The van der Waals surface area contributed by atoms with Gasteiger partial charge >= 0.3 is 0 Å². The Morgan fingerprint density at radius 3 is 2.41 bits per heavy atom. The number of aliphatic hydroxyl groups excluding tert-OH is 1. The molecule has 0 unspecified atom stereocenters. The molecule has 3 aromatic carbocycles. The highest BCUT2D eigenvalue weighted by atomic mass is 35.5. The zero-order valence-corrected chi connectivity index (χ0v) is 12.4. The van der Waals surface area contributed by atoms with Gasteiger partial charge in [0.2, 0.25) is 0 Å². The summed E-state index contributed by atoms with van der Waals surface area (Å²) < 4.78 is 5.87. The average Bonchev–Trinajstić information content (AvgIpc) is 2.92. The van der Waals surface area contributed by atoms with E-state index >= 15 is 0 Å². The Hall–Kier alpha value is -2.29. The van der Waals surface area contributed by atoms with Gasteiger partial charge in [-0.25, -0.2) is 0 Å². The van der Waals surface area contributed by atoms with Crippen LogP contribution in [-0.4, -0.2) is 5.11 Å². The minimum atomic E-state index is -0.772. The highest BCUT2D eigenvalue weighted by Gasteiger charge is 2.15. The standard InChI is InChI=1S/C19H13ClO2/c20-16-7-3-1-6-15(16)19(21)12-9-10-14-13-5-2-4-8-17(13)22-18(14)11-12/h1-11,19,21H/t19-/m1/s1. The van der Waals surface area contributed by atoms with Crippen molar-refractivity contribution in [2.45, 2.75) is 6.10 Å². The number of hydrogen-bond acceptors (Lipinski definition) is 2. The van der Waals surface area contributed by atoms with Gasteiger partial charge in [-0.1, -0.05) is 60.1 Å². The van der Waals surface area contributed by atoms with E-state index in [0.29, 0.717) is 10.6 Å². The SMILES string of the molecule is O[C@H](c1ccc2c(c1)oc1ccccc12)c1ccccc1Cl. The first-order valence-electron chi connectivity index (χ1n) is 7.08. The van der Waals surface area contributed by atoms with E-state index in [9.17, 15) is 5.11 Å². The largest absolute Gasteiger partial charge is 0.456 e. The maximum absolute atomic E-state index is 10.6. The second-order valence-electron chi connectivity index (χ2n) is 5.28. The molecule has 0 saturated heterocycles. The first-order chi connectivity index (χ1) is 10.7. The van der Waals surface area contributed by atoms with Gasteiger partial charge in [0.05, 0.1) is 0 Å². The summed E-state index contributed by atoms with van der Waals surface area (Å²) in [4.78, 5) is 0. The lowest BCUT2D eigenvalue weighted by Gasteiger charge is -2.12. The smallest absolute Gasteiger partial charge is 0.135 e. The van der Waals surface area contributed by atoms with Gasteiger partial charge in [0, 0.05) is 21.4 Å². The Kier molecular flexibility index (Phi) is 3.14. The molecule has 0 aliphatic carbocycles. The lowest BCUT2D eigenvalue weighted by atomic mass is 10.00. The Labute approximate surface area is 132 Å². The van der Waals surface area contributed by atoms with Gasteiger partial charge < -0.3 is 9.52 Å². The molecule has 4 aromatic rings. The van der Waals surface area contributed by atoms with Gasteiger partial charge in [0.1, 0.15) is 17.3 Å². The van der Waals surface area contributed by atoms with Crippen LogP contribution in [0, 0.1) is 0 Å². The zero-order chi connectivity index (χ0) is 15.1. The predicted octanol–water partition coefficient (Wildman–Crippen LogP) is 5.32. The molecule has 0 fully saturated rings. The number of para-hydroxylation sites is 1. The molecule has 2 nitrogen and oxygen atoms in total. The number of hydrogen-bond donors (Lipinski definition) is 1. The van der Waals surface area contributed by atoms with E-state index in [1.807, 2.05) is 60.7 Å². The topological polar surface area (TPSA) is 33.4 Å². The van der Waals surface area contributed by atoms with Crippen LogP contribution >= 0.6 is 11.6 Å². The van der Waals surface area contributed by atoms with Gasteiger partial charge in [-0.15, -0.1) is 0 Å². The normalized spacial score (nSPS) is 12.8.